The van der Waals surface area contributed by atoms with Crippen LogP contribution in [0, 0.1) is 5.92 Å². The second-order valence-corrected chi connectivity index (χ2v) is 5.93. The second-order valence-electron chi connectivity index (χ2n) is 5.93. The number of hydrogen-bond donors (Lipinski definition) is 1. The van der Waals surface area contributed by atoms with Crippen molar-refractivity contribution in [2.75, 3.05) is 13.2 Å². The summed E-state index contributed by atoms with van der Waals surface area (Å²) in [6.07, 6.45) is 2.55. The molecule has 1 aliphatic heterocycles. The molecule has 1 fully saturated rings. The highest BCUT2D eigenvalue weighted by molar-refractivity contribution is 5.68. The van der Waals surface area contributed by atoms with Gasteiger partial charge in [-0.15, -0.1) is 0 Å². The van der Waals surface area contributed by atoms with Crippen LogP contribution in [0.25, 0.3) is 0 Å². The molecule has 0 bridgehead atoms. The molecule has 0 spiro atoms. The van der Waals surface area contributed by atoms with E-state index in [9.17, 15) is 4.79 Å². The maximum absolute atomic E-state index is 11.9. The third-order valence-corrected chi connectivity index (χ3v) is 3.15. The molecule has 1 aliphatic rings. The zero-order chi connectivity index (χ0) is 13.1. The van der Waals surface area contributed by atoms with Gasteiger partial charge in [-0.2, -0.15) is 0 Å². The monoisotopic (exact) mass is 243 g/mol. The van der Waals surface area contributed by atoms with E-state index in [1.54, 1.807) is 4.90 Å². The number of aliphatic hydroxyl groups excluding tert-OH is 1. The number of amides is 1. The molecule has 1 rings (SSSR count). The summed E-state index contributed by atoms with van der Waals surface area (Å²) in [7, 11) is 0. The van der Waals surface area contributed by atoms with Crippen molar-refractivity contribution in [3.63, 3.8) is 0 Å². The summed E-state index contributed by atoms with van der Waals surface area (Å²) in [4.78, 5) is 13.7. The number of ether oxygens (including phenoxy) is 1. The molecule has 1 N–H and O–H groups in total. The highest BCUT2D eigenvalue weighted by Gasteiger charge is 2.31. The molecule has 4 heteroatoms. The molecule has 0 radical (unpaired) electrons. The maximum atomic E-state index is 11.9. The Morgan fingerprint density at radius 2 is 2.12 bits per heavy atom. The first-order valence-corrected chi connectivity index (χ1v) is 6.44. The Hall–Kier alpha value is -0.770. The number of aliphatic hydroxyl groups is 1. The van der Waals surface area contributed by atoms with Gasteiger partial charge in [0.15, 0.2) is 0 Å². The zero-order valence-electron chi connectivity index (χ0n) is 11.4. The summed E-state index contributed by atoms with van der Waals surface area (Å²) in [5, 5.41) is 8.93. The zero-order valence-corrected chi connectivity index (χ0v) is 11.4. The van der Waals surface area contributed by atoms with Crippen LogP contribution in [0.5, 0.6) is 0 Å². The van der Waals surface area contributed by atoms with Gasteiger partial charge in [0.2, 0.25) is 0 Å². The predicted molar refractivity (Wildman–Crippen MR) is 66.8 cm³/mol. The van der Waals surface area contributed by atoms with Gasteiger partial charge >= 0.3 is 6.09 Å². The molecular formula is C13H25NO3. The van der Waals surface area contributed by atoms with Crippen molar-refractivity contribution in [1.82, 2.24) is 4.90 Å². The van der Waals surface area contributed by atoms with Crippen molar-refractivity contribution in [2.24, 2.45) is 5.92 Å². The third kappa shape index (κ3) is 4.54. The van der Waals surface area contributed by atoms with E-state index < -0.39 is 5.60 Å². The minimum absolute atomic E-state index is 0.204. The van der Waals surface area contributed by atoms with Gasteiger partial charge in [0.25, 0.3) is 0 Å². The number of hydrogen-bond acceptors (Lipinski definition) is 3. The van der Waals surface area contributed by atoms with Crippen LogP contribution in [0.2, 0.25) is 0 Å². The van der Waals surface area contributed by atoms with E-state index in [1.807, 2.05) is 27.7 Å². The number of likely N-dealkylation sites (tertiary alicyclic amines) is 1. The Labute approximate surface area is 104 Å². The lowest BCUT2D eigenvalue weighted by atomic mass is 9.89. The molecule has 1 heterocycles. The lowest BCUT2D eigenvalue weighted by Crippen LogP contribution is -2.46. The summed E-state index contributed by atoms with van der Waals surface area (Å²) < 4.78 is 5.38. The Balaban J connectivity index is 2.49. The quantitative estimate of drug-likeness (QED) is 0.810. The van der Waals surface area contributed by atoms with Crippen molar-refractivity contribution in [2.45, 2.75) is 58.6 Å². The van der Waals surface area contributed by atoms with Gasteiger partial charge in [-0.3, -0.25) is 0 Å². The molecule has 1 saturated heterocycles. The van der Waals surface area contributed by atoms with E-state index >= 15 is 0 Å². The van der Waals surface area contributed by atoms with E-state index in [0.29, 0.717) is 5.92 Å². The van der Waals surface area contributed by atoms with Gasteiger partial charge in [0, 0.05) is 19.2 Å². The van der Waals surface area contributed by atoms with Gasteiger partial charge in [0.05, 0.1) is 0 Å². The second kappa shape index (κ2) is 5.71. The Morgan fingerprint density at radius 1 is 1.47 bits per heavy atom. The van der Waals surface area contributed by atoms with Crippen molar-refractivity contribution in [1.29, 1.82) is 0 Å². The van der Waals surface area contributed by atoms with Crippen LogP contribution in [-0.2, 0) is 4.74 Å². The summed E-state index contributed by atoms with van der Waals surface area (Å²) in [6, 6.07) is 0.204. The largest absolute Gasteiger partial charge is 0.444 e. The van der Waals surface area contributed by atoms with Crippen molar-refractivity contribution in [3.8, 4) is 0 Å². The molecule has 17 heavy (non-hydrogen) atoms. The highest BCUT2D eigenvalue weighted by atomic mass is 16.6. The molecule has 0 unspecified atom stereocenters. The average Bonchev–Trinajstić information content (AvgIpc) is 2.15. The molecular weight excluding hydrogens is 218 g/mol. The van der Waals surface area contributed by atoms with Crippen molar-refractivity contribution < 1.29 is 14.6 Å². The fraction of sp³-hybridized carbons (Fsp3) is 0.923. The number of rotatable bonds is 2. The smallest absolute Gasteiger partial charge is 0.410 e. The summed E-state index contributed by atoms with van der Waals surface area (Å²) in [5.41, 5.74) is -0.432. The number of carbonyl (C=O) groups excluding carboxylic acids is 1. The highest BCUT2D eigenvalue weighted by Crippen LogP contribution is 2.26. The first kappa shape index (κ1) is 14.3. The maximum Gasteiger partial charge on any atom is 0.410 e. The Kier molecular flexibility index (Phi) is 4.80. The van der Waals surface area contributed by atoms with Crippen LogP contribution in [0.1, 0.15) is 47.0 Å². The summed E-state index contributed by atoms with van der Waals surface area (Å²) in [6.45, 7) is 8.67. The van der Waals surface area contributed by atoms with Gasteiger partial charge in [0.1, 0.15) is 5.60 Å². The molecule has 4 nitrogen and oxygen atoms in total. The van der Waals surface area contributed by atoms with E-state index in [4.69, 9.17) is 9.84 Å². The van der Waals surface area contributed by atoms with Crippen LogP contribution in [0.3, 0.4) is 0 Å². The minimum Gasteiger partial charge on any atom is -0.444 e. The summed E-state index contributed by atoms with van der Waals surface area (Å²) >= 11 is 0. The third-order valence-electron chi connectivity index (χ3n) is 3.15. The van der Waals surface area contributed by atoms with Crippen LogP contribution in [0.4, 0.5) is 4.79 Å². The van der Waals surface area contributed by atoms with Gasteiger partial charge in [-0.05, 0) is 52.9 Å². The fourth-order valence-corrected chi connectivity index (χ4v) is 2.31. The van der Waals surface area contributed by atoms with Crippen LogP contribution in [-0.4, -0.2) is 40.9 Å². The molecule has 0 aromatic rings. The SMILES string of the molecule is C[C@@H]1C[C@@H](CCO)CCN1C(=O)OC(C)(C)C. The van der Waals surface area contributed by atoms with E-state index in [2.05, 4.69) is 0 Å². The van der Waals surface area contributed by atoms with Crippen molar-refractivity contribution >= 4 is 6.09 Å². The van der Waals surface area contributed by atoms with Gasteiger partial charge in [-0.25, -0.2) is 4.79 Å². The standard InChI is InChI=1S/C13H25NO3/c1-10-9-11(6-8-15)5-7-14(10)12(16)17-13(2,3)4/h10-11,15H,5-9H2,1-4H3/t10-,11-/m1/s1. The topological polar surface area (TPSA) is 49.8 Å². The Morgan fingerprint density at radius 3 is 2.59 bits per heavy atom. The molecule has 0 saturated carbocycles. The lowest BCUT2D eigenvalue weighted by Gasteiger charge is -2.38. The molecule has 0 aliphatic carbocycles. The van der Waals surface area contributed by atoms with Crippen molar-refractivity contribution in [3.05, 3.63) is 0 Å². The fourth-order valence-electron chi connectivity index (χ4n) is 2.31. The number of piperidine rings is 1. The first-order valence-electron chi connectivity index (χ1n) is 6.44. The molecule has 100 valence electrons. The molecule has 1 amide bonds. The van der Waals surface area contributed by atoms with E-state index in [1.165, 1.54) is 0 Å². The lowest BCUT2D eigenvalue weighted by molar-refractivity contribution is 0.00600. The number of nitrogens with zero attached hydrogens (tertiary/aromatic N) is 1. The van der Waals surface area contributed by atoms with Gasteiger partial charge < -0.3 is 14.7 Å². The van der Waals surface area contributed by atoms with E-state index in [0.717, 1.165) is 25.8 Å². The normalized spacial score (nSPS) is 25.8. The number of carbonyl (C=O) groups is 1. The first-order chi connectivity index (χ1) is 7.83. The molecule has 2 atom stereocenters. The van der Waals surface area contributed by atoms with Crippen LogP contribution in [0.15, 0.2) is 0 Å². The average molecular weight is 243 g/mol. The van der Waals surface area contributed by atoms with E-state index in [-0.39, 0.29) is 18.7 Å². The van der Waals surface area contributed by atoms with Crippen LogP contribution >= 0.6 is 0 Å². The summed E-state index contributed by atoms with van der Waals surface area (Å²) in [5.74, 6) is 0.536. The molecule has 0 aromatic heterocycles. The minimum atomic E-state index is -0.432. The predicted octanol–water partition coefficient (Wildman–Crippen LogP) is 2.40. The van der Waals surface area contributed by atoms with Crippen LogP contribution < -0.4 is 0 Å². The Bertz CT molecular complexity index is 260. The van der Waals surface area contributed by atoms with Gasteiger partial charge in [-0.1, -0.05) is 0 Å². The molecule has 0 aromatic carbocycles.